The third-order valence-electron chi connectivity index (χ3n) is 3.92. The molecule has 3 rings (SSSR count). The Morgan fingerprint density at radius 1 is 1.25 bits per heavy atom. The second kappa shape index (κ2) is 8.47. The Hall–Kier alpha value is -2.15. The average Bonchev–Trinajstić information content (AvgIpc) is 2.86. The van der Waals surface area contributed by atoms with Crippen LogP contribution in [0.1, 0.15) is 11.1 Å². The minimum Gasteiger partial charge on any atom is -0.506 e. The first-order valence-corrected chi connectivity index (χ1v) is 10.3. The molecule has 2 aromatic carbocycles. The van der Waals surface area contributed by atoms with Gasteiger partial charge in [0.2, 0.25) is 5.91 Å². The molecule has 7 nitrogen and oxygen atoms in total. The molecule has 1 aliphatic rings. The number of aryl methyl sites for hydroxylation is 1. The maximum atomic E-state index is 12.6. The van der Waals surface area contributed by atoms with E-state index in [-0.39, 0.29) is 11.4 Å². The smallest absolute Gasteiger partial charge is 0.329 e. The fraction of sp³-hybridized carbons (Fsp3) is 0.105. The monoisotopic (exact) mass is 603 g/mol. The van der Waals surface area contributed by atoms with E-state index in [1.54, 1.807) is 30.3 Å². The minimum atomic E-state index is -0.685. The van der Waals surface area contributed by atoms with Crippen LogP contribution in [-0.4, -0.2) is 34.4 Å². The van der Waals surface area contributed by atoms with Crippen molar-refractivity contribution < 1.29 is 19.5 Å². The van der Waals surface area contributed by atoms with Crippen LogP contribution in [0.4, 0.5) is 10.5 Å². The van der Waals surface area contributed by atoms with Crippen molar-refractivity contribution in [3.05, 3.63) is 60.4 Å². The standard InChI is InChI=1S/C19H15I2N3O4/c1-10-3-2-4-13(5-10)22-16(25)9-24-18(27)15(23-19(24)28)7-11-6-12(20)8-14(21)17(11)26/h2-8,26H,9H2,1H3,(H,22,25)(H,23,28)/b15-7+. The summed E-state index contributed by atoms with van der Waals surface area (Å²) in [5, 5.41) is 15.3. The van der Waals surface area contributed by atoms with Crippen LogP contribution < -0.4 is 10.6 Å². The number of nitrogens with one attached hydrogen (secondary N) is 2. The van der Waals surface area contributed by atoms with Crippen molar-refractivity contribution in [1.29, 1.82) is 0 Å². The molecule has 9 heteroatoms. The number of phenols is 1. The van der Waals surface area contributed by atoms with Crippen molar-refractivity contribution in [3.8, 4) is 5.75 Å². The lowest BCUT2D eigenvalue weighted by Crippen LogP contribution is -2.38. The highest BCUT2D eigenvalue weighted by atomic mass is 127. The van der Waals surface area contributed by atoms with Crippen LogP contribution >= 0.6 is 45.2 Å². The molecule has 1 saturated heterocycles. The van der Waals surface area contributed by atoms with Gasteiger partial charge in [-0.05, 0) is 88.0 Å². The summed E-state index contributed by atoms with van der Waals surface area (Å²) in [5.41, 5.74) is 1.98. The minimum absolute atomic E-state index is 0.00135. The van der Waals surface area contributed by atoms with Crippen molar-refractivity contribution in [2.45, 2.75) is 6.92 Å². The Kier molecular flexibility index (Phi) is 6.23. The van der Waals surface area contributed by atoms with Gasteiger partial charge >= 0.3 is 6.03 Å². The van der Waals surface area contributed by atoms with Crippen LogP contribution in [-0.2, 0) is 9.59 Å². The number of imide groups is 1. The molecule has 0 aromatic heterocycles. The molecule has 1 aliphatic heterocycles. The molecule has 0 spiro atoms. The predicted octanol–water partition coefficient (Wildman–Crippen LogP) is 3.44. The molecule has 144 valence electrons. The molecule has 2 aromatic rings. The summed E-state index contributed by atoms with van der Waals surface area (Å²) in [4.78, 5) is 37.8. The van der Waals surface area contributed by atoms with E-state index in [0.29, 0.717) is 14.8 Å². The summed E-state index contributed by atoms with van der Waals surface area (Å²) < 4.78 is 1.50. The van der Waals surface area contributed by atoms with Crippen LogP contribution in [0.2, 0.25) is 0 Å². The number of rotatable bonds is 4. The lowest BCUT2D eigenvalue weighted by atomic mass is 10.1. The normalized spacial score (nSPS) is 15.1. The van der Waals surface area contributed by atoms with Crippen molar-refractivity contribution >= 4 is 74.8 Å². The second-order valence-electron chi connectivity index (χ2n) is 6.12. The maximum absolute atomic E-state index is 12.6. The molecule has 0 bridgehead atoms. The molecule has 0 radical (unpaired) electrons. The number of phenolic OH excluding ortho intramolecular Hbond substituents is 1. The van der Waals surface area contributed by atoms with Gasteiger partial charge in [-0.15, -0.1) is 0 Å². The van der Waals surface area contributed by atoms with Gasteiger partial charge in [0.05, 0.1) is 3.57 Å². The first-order chi connectivity index (χ1) is 13.2. The van der Waals surface area contributed by atoms with Gasteiger partial charge in [0, 0.05) is 14.8 Å². The van der Waals surface area contributed by atoms with Crippen LogP contribution in [0.5, 0.6) is 5.75 Å². The second-order valence-corrected chi connectivity index (χ2v) is 8.53. The zero-order valence-electron chi connectivity index (χ0n) is 14.6. The van der Waals surface area contributed by atoms with E-state index in [4.69, 9.17) is 0 Å². The Labute approximate surface area is 188 Å². The summed E-state index contributed by atoms with van der Waals surface area (Å²) >= 11 is 4.08. The van der Waals surface area contributed by atoms with Crippen LogP contribution in [0.3, 0.4) is 0 Å². The molecule has 28 heavy (non-hydrogen) atoms. The van der Waals surface area contributed by atoms with Crippen molar-refractivity contribution in [1.82, 2.24) is 10.2 Å². The van der Waals surface area contributed by atoms with E-state index < -0.39 is 24.4 Å². The zero-order chi connectivity index (χ0) is 20.4. The van der Waals surface area contributed by atoms with Crippen LogP contribution in [0, 0.1) is 14.1 Å². The fourth-order valence-corrected chi connectivity index (χ4v) is 4.52. The van der Waals surface area contributed by atoms with Crippen LogP contribution in [0.15, 0.2) is 42.1 Å². The number of carbonyl (C=O) groups is 3. The molecule has 3 N–H and O–H groups in total. The summed E-state index contributed by atoms with van der Waals surface area (Å²) in [7, 11) is 0. The Morgan fingerprint density at radius 3 is 2.71 bits per heavy atom. The highest BCUT2D eigenvalue weighted by Gasteiger charge is 2.35. The number of hydrogen-bond acceptors (Lipinski definition) is 4. The predicted molar refractivity (Wildman–Crippen MR) is 122 cm³/mol. The lowest BCUT2D eigenvalue weighted by molar-refractivity contribution is -0.127. The SMILES string of the molecule is Cc1cccc(NC(=O)CN2C(=O)N/C(=C/c3cc(I)cc(I)c3O)C2=O)c1. The lowest BCUT2D eigenvalue weighted by Gasteiger charge is -2.12. The number of amides is 4. The van der Waals surface area contributed by atoms with E-state index in [9.17, 15) is 19.5 Å². The first kappa shape index (κ1) is 20.6. The molecule has 0 aliphatic carbocycles. The Balaban J connectivity index is 1.76. The number of anilines is 1. The number of urea groups is 1. The number of halogens is 2. The van der Waals surface area contributed by atoms with Crippen LogP contribution in [0.25, 0.3) is 6.08 Å². The van der Waals surface area contributed by atoms with Crippen molar-refractivity contribution in [2.75, 3.05) is 11.9 Å². The summed E-state index contributed by atoms with van der Waals surface area (Å²) in [6.45, 7) is 1.48. The number of carbonyl (C=O) groups excluding carboxylic acids is 3. The third-order valence-corrected chi connectivity index (χ3v) is 5.37. The molecule has 1 fully saturated rings. The van der Waals surface area contributed by atoms with E-state index in [1.165, 1.54) is 6.08 Å². The molecular weight excluding hydrogens is 588 g/mol. The highest BCUT2D eigenvalue weighted by molar-refractivity contribution is 14.1. The van der Waals surface area contributed by atoms with E-state index >= 15 is 0 Å². The largest absolute Gasteiger partial charge is 0.506 e. The summed E-state index contributed by atoms with van der Waals surface area (Å²) in [5.74, 6) is -1.09. The fourth-order valence-electron chi connectivity index (χ4n) is 2.63. The van der Waals surface area contributed by atoms with Gasteiger partial charge in [0.15, 0.2) is 0 Å². The van der Waals surface area contributed by atoms with Crippen molar-refractivity contribution in [3.63, 3.8) is 0 Å². The number of nitrogens with zero attached hydrogens (tertiary/aromatic N) is 1. The van der Waals surface area contributed by atoms with E-state index in [2.05, 4.69) is 33.2 Å². The number of benzene rings is 2. The summed E-state index contributed by atoms with van der Waals surface area (Å²) in [6.07, 6.45) is 1.40. The van der Waals surface area contributed by atoms with Gasteiger partial charge in [-0.25, -0.2) is 9.69 Å². The number of hydrogen-bond donors (Lipinski definition) is 3. The number of aromatic hydroxyl groups is 1. The van der Waals surface area contributed by atoms with Gasteiger partial charge in [0.25, 0.3) is 5.91 Å². The molecule has 4 amide bonds. The van der Waals surface area contributed by atoms with Gasteiger partial charge in [-0.1, -0.05) is 12.1 Å². The highest BCUT2D eigenvalue weighted by Crippen LogP contribution is 2.29. The molecule has 0 saturated carbocycles. The van der Waals surface area contributed by atoms with Gasteiger partial charge in [-0.2, -0.15) is 0 Å². The Morgan fingerprint density at radius 2 is 2.00 bits per heavy atom. The summed E-state index contributed by atoms with van der Waals surface area (Å²) in [6, 6.07) is 10.0. The van der Waals surface area contributed by atoms with Gasteiger partial charge in [0.1, 0.15) is 18.0 Å². The maximum Gasteiger partial charge on any atom is 0.329 e. The average molecular weight is 603 g/mol. The van der Waals surface area contributed by atoms with Gasteiger partial charge < -0.3 is 15.7 Å². The van der Waals surface area contributed by atoms with Gasteiger partial charge in [-0.3, -0.25) is 9.59 Å². The third kappa shape index (κ3) is 4.63. The molecule has 0 unspecified atom stereocenters. The molecule has 1 heterocycles. The molecular formula is C19H15I2N3O4. The van der Waals surface area contributed by atoms with E-state index in [1.807, 2.05) is 35.6 Å². The first-order valence-electron chi connectivity index (χ1n) is 8.13. The van der Waals surface area contributed by atoms with E-state index in [0.717, 1.165) is 14.0 Å². The van der Waals surface area contributed by atoms with Crippen molar-refractivity contribution in [2.24, 2.45) is 0 Å². The topological polar surface area (TPSA) is 98.7 Å². The molecule has 0 atom stereocenters. The zero-order valence-corrected chi connectivity index (χ0v) is 18.9. The Bertz CT molecular complexity index is 1020. The quantitative estimate of drug-likeness (QED) is 0.284.